The maximum absolute atomic E-state index is 11.4. The first-order valence-corrected chi connectivity index (χ1v) is 5.91. The van der Waals surface area contributed by atoms with Gasteiger partial charge in [-0.05, 0) is 43.0 Å². The first-order chi connectivity index (χ1) is 8.50. The van der Waals surface area contributed by atoms with E-state index in [1.165, 1.54) is 5.56 Å². The zero-order chi connectivity index (χ0) is 13.3. The Kier molecular flexibility index (Phi) is 3.19. The molecule has 0 saturated heterocycles. The predicted octanol–water partition coefficient (Wildman–Crippen LogP) is 3.98. The number of hydrogen-bond acceptors (Lipinski definition) is 1. The molecule has 2 aromatic rings. The van der Waals surface area contributed by atoms with Gasteiger partial charge in [0, 0.05) is 0 Å². The zero-order valence-corrected chi connectivity index (χ0v) is 10.8. The molecule has 2 nitrogen and oxygen atoms in total. The average molecular weight is 240 g/mol. The molecular weight excluding hydrogens is 224 g/mol. The van der Waals surface area contributed by atoms with Crippen LogP contribution in [0.4, 0.5) is 0 Å². The van der Waals surface area contributed by atoms with Crippen molar-refractivity contribution < 1.29 is 9.90 Å². The second-order valence-electron chi connectivity index (χ2n) is 4.62. The fourth-order valence-electron chi connectivity index (χ4n) is 2.29. The Morgan fingerprint density at radius 2 is 1.67 bits per heavy atom. The fourth-order valence-corrected chi connectivity index (χ4v) is 2.29. The van der Waals surface area contributed by atoms with Crippen LogP contribution in [0.15, 0.2) is 36.4 Å². The molecule has 2 heteroatoms. The molecule has 1 N–H and O–H groups in total. The molecule has 0 bridgehead atoms. The average Bonchev–Trinajstić information content (AvgIpc) is 2.28. The van der Waals surface area contributed by atoms with Crippen molar-refractivity contribution in [3.63, 3.8) is 0 Å². The largest absolute Gasteiger partial charge is 0.478 e. The van der Waals surface area contributed by atoms with E-state index in [4.69, 9.17) is 0 Å². The minimum absolute atomic E-state index is 0.393. The summed E-state index contributed by atoms with van der Waals surface area (Å²) in [5.74, 6) is -0.872. The monoisotopic (exact) mass is 240 g/mol. The molecule has 0 heterocycles. The van der Waals surface area contributed by atoms with Gasteiger partial charge in [-0.3, -0.25) is 0 Å². The summed E-state index contributed by atoms with van der Waals surface area (Å²) in [6.45, 7) is 5.87. The summed E-state index contributed by atoms with van der Waals surface area (Å²) >= 11 is 0. The van der Waals surface area contributed by atoms with Crippen molar-refractivity contribution in [2.24, 2.45) is 0 Å². The van der Waals surface area contributed by atoms with Gasteiger partial charge in [0.2, 0.25) is 0 Å². The van der Waals surface area contributed by atoms with Crippen LogP contribution in [0.5, 0.6) is 0 Å². The van der Waals surface area contributed by atoms with E-state index in [2.05, 4.69) is 6.07 Å². The van der Waals surface area contributed by atoms with E-state index in [-0.39, 0.29) is 0 Å². The second-order valence-corrected chi connectivity index (χ2v) is 4.62. The lowest BCUT2D eigenvalue weighted by Crippen LogP contribution is -2.03. The number of rotatable bonds is 2. The van der Waals surface area contributed by atoms with Crippen molar-refractivity contribution in [3.8, 4) is 11.1 Å². The number of aromatic carboxylic acids is 1. The molecule has 0 unspecified atom stereocenters. The summed E-state index contributed by atoms with van der Waals surface area (Å²) in [5.41, 5.74) is 5.25. The van der Waals surface area contributed by atoms with E-state index in [0.29, 0.717) is 5.56 Å². The summed E-state index contributed by atoms with van der Waals surface area (Å²) < 4.78 is 0. The number of carbonyl (C=O) groups is 1. The molecule has 0 amide bonds. The van der Waals surface area contributed by atoms with Gasteiger partial charge in [0.05, 0.1) is 5.56 Å². The third-order valence-electron chi connectivity index (χ3n) is 3.16. The van der Waals surface area contributed by atoms with Gasteiger partial charge in [-0.1, -0.05) is 42.0 Å². The Balaban J connectivity index is 2.71. The molecule has 0 fully saturated rings. The molecule has 0 aliphatic heterocycles. The smallest absolute Gasteiger partial charge is 0.336 e. The summed E-state index contributed by atoms with van der Waals surface area (Å²) in [6.07, 6.45) is 0. The summed E-state index contributed by atoms with van der Waals surface area (Å²) in [6, 6.07) is 11.7. The normalized spacial score (nSPS) is 10.4. The van der Waals surface area contributed by atoms with Crippen LogP contribution < -0.4 is 0 Å². The molecule has 18 heavy (non-hydrogen) atoms. The van der Waals surface area contributed by atoms with Crippen LogP contribution in [0, 0.1) is 20.8 Å². The van der Waals surface area contributed by atoms with Gasteiger partial charge in [-0.25, -0.2) is 4.79 Å². The zero-order valence-electron chi connectivity index (χ0n) is 10.8. The third kappa shape index (κ3) is 2.14. The van der Waals surface area contributed by atoms with Crippen molar-refractivity contribution in [2.45, 2.75) is 20.8 Å². The van der Waals surface area contributed by atoms with Crippen LogP contribution in [-0.4, -0.2) is 11.1 Å². The van der Waals surface area contributed by atoms with Gasteiger partial charge in [0.1, 0.15) is 0 Å². The Bertz CT molecular complexity index is 612. The topological polar surface area (TPSA) is 37.3 Å². The Morgan fingerprint density at radius 1 is 0.944 bits per heavy atom. The first kappa shape index (κ1) is 12.4. The minimum Gasteiger partial charge on any atom is -0.478 e. The van der Waals surface area contributed by atoms with Gasteiger partial charge < -0.3 is 5.11 Å². The van der Waals surface area contributed by atoms with Gasteiger partial charge in [-0.2, -0.15) is 0 Å². The molecule has 0 spiro atoms. The van der Waals surface area contributed by atoms with E-state index < -0.39 is 5.97 Å². The van der Waals surface area contributed by atoms with Crippen molar-refractivity contribution in [3.05, 3.63) is 58.7 Å². The molecule has 0 aliphatic rings. The van der Waals surface area contributed by atoms with Gasteiger partial charge in [-0.15, -0.1) is 0 Å². The maximum Gasteiger partial charge on any atom is 0.336 e. The minimum atomic E-state index is -0.872. The Hall–Kier alpha value is -2.09. The first-order valence-electron chi connectivity index (χ1n) is 5.91. The highest BCUT2D eigenvalue weighted by Crippen LogP contribution is 2.29. The van der Waals surface area contributed by atoms with E-state index in [9.17, 15) is 9.90 Å². The van der Waals surface area contributed by atoms with Crippen LogP contribution in [0.3, 0.4) is 0 Å². The summed E-state index contributed by atoms with van der Waals surface area (Å²) in [5, 5.41) is 9.35. The molecule has 2 rings (SSSR count). The number of carboxylic acid groups (broad SMARTS) is 1. The predicted molar refractivity (Wildman–Crippen MR) is 73.0 cm³/mol. The third-order valence-corrected chi connectivity index (χ3v) is 3.16. The highest BCUT2D eigenvalue weighted by atomic mass is 16.4. The fraction of sp³-hybridized carbons (Fsp3) is 0.188. The summed E-state index contributed by atoms with van der Waals surface area (Å²) in [7, 11) is 0. The standard InChI is InChI=1S/C16H16O2/c1-10-7-8-13(12(3)9-10)14-6-4-5-11(2)15(14)16(17)18/h4-9H,1-3H3,(H,17,18). The molecule has 0 aliphatic carbocycles. The lowest BCUT2D eigenvalue weighted by molar-refractivity contribution is 0.0697. The van der Waals surface area contributed by atoms with Crippen LogP contribution in [0.2, 0.25) is 0 Å². The summed E-state index contributed by atoms with van der Waals surface area (Å²) in [4.78, 5) is 11.4. The quantitative estimate of drug-likeness (QED) is 0.862. The lowest BCUT2D eigenvalue weighted by atomic mass is 9.92. The Morgan fingerprint density at radius 3 is 2.28 bits per heavy atom. The van der Waals surface area contributed by atoms with Gasteiger partial charge >= 0.3 is 5.97 Å². The van der Waals surface area contributed by atoms with Crippen LogP contribution in [-0.2, 0) is 0 Å². The maximum atomic E-state index is 11.4. The number of benzene rings is 2. The number of carboxylic acids is 1. The van der Waals surface area contributed by atoms with E-state index in [1.54, 1.807) is 0 Å². The molecule has 0 radical (unpaired) electrons. The highest BCUT2D eigenvalue weighted by Gasteiger charge is 2.15. The number of aryl methyl sites for hydroxylation is 3. The number of hydrogen-bond donors (Lipinski definition) is 1. The van der Waals surface area contributed by atoms with Gasteiger partial charge in [0.25, 0.3) is 0 Å². The van der Waals surface area contributed by atoms with Crippen LogP contribution >= 0.6 is 0 Å². The van der Waals surface area contributed by atoms with Crippen molar-refractivity contribution in [1.29, 1.82) is 0 Å². The van der Waals surface area contributed by atoms with Crippen molar-refractivity contribution >= 4 is 5.97 Å². The van der Waals surface area contributed by atoms with E-state index in [0.717, 1.165) is 22.3 Å². The van der Waals surface area contributed by atoms with Gasteiger partial charge in [0.15, 0.2) is 0 Å². The molecule has 92 valence electrons. The molecule has 0 saturated carbocycles. The Labute approximate surface area is 107 Å². The molecule has 0 aromatic heterocycles. The van der Waals surface area contributed by atoms with Crippen molar-refractivity contribution in [2.75, 3.05) is 0 Å². The highest BCUT2D eigenvalue weighted by molar-refractivity contribution is 5.98. The van der Waals surface area contributed by atoms with Crippen molar-refractivity contribution in [1.82, 2.24) is 0 Å². The molecular formula is C16H16O2. The lowest BCUT2D eigenvalue weighted by Gasteiger charge is -2.12. The SMILES string of the molecule is Cc1ccc(-c2cccc(C)c2C(=O)O)c(C)c1. The molecule has 0 atom stereocenters. The second kappa shape index (κ2) is 4.65. The van der Waals surface area contributed by atoms with E-state index in [1.807, 2.05) is 51.1 Å². The van der Waals surface area contributed by atoms with Crippen LogP contribution in [0.25, 0.3) is 11.1 Å². The van der Waals surface area contributed by atoms with Crippen LogP contribution in [0.1, 0.15) is 27.0 Å². The molecule has 2 aromatic carbocycles. The van der Waals surface area contributed by atoms with E-state index >= 15 is 0 Å².